The van der Waals surface area contributed by atoms with Crippen LogP contribution in [0.25, 0.3) is 27.4 Å². The third-order valence-electron chi connectivity index (χ3n) is 8.13. The van der Waals surface area contributed by atoms with Gasteiger partial charge in [0.25, 0.3) is 0 Å². The van der Waals surface area contributed by atoms with Crippen molar-refractivity contribution in [3.8, 4) is 5.75 Å². The lowest BCUT2D eigenvalue weighted by atomic mass is 9.80. The Kier molecular flexibility index (Phi) is 7.79. The van der Waals surface area contributed by atoms with E-state index in [1.807, 2.05) is 19.2 Å². The Hall–Kier alpha value is -3.59. The largest absolute Gasteiger partial charge is 0.508 e. The van der Waals surface area contributed by atoms with Crippen LogP contribution in [0.4, 0.5) is 0 Å². The lowest BCUT2D eigenvalue weighted by molar-refractivity contribution is -0.125. The number of aliphatic hydroxyl groups is 1. The van der Waals surface area contributed by atoms with Crippen LogP contribution in [0.2, 0.25) is 0 Å². The minimum absolute atomic E-state index is 0.00901. The zero-order chi connectivity index (χ0) is 27.7. The third kappa shape index (κ3) is 5.20. The van der Waals surface area contributed by atoms with Crippen LogP contribution < -0.4 is 11.1 Å². The maximum Gasteiger partial charge on any atom is 0.228 e. The van der Waals surface area contributed by atoms with Crippen molar-refractivity contribution in [2.24, 2.45) is 18.7 Å². The van der Waals surface area contributed by atoms with Gasteiger partial charge >= 0.3 is 0 Å². The summed E-state index contributed by atoms with van der Waals surface area (Å²) in [5.41, 5.74) is 12.8. The van der Waals surface area contributed by atoms with Gasteiger partial charge in [0, 0.05) is 53.8 Å². The first-order chi connectivity index (χ1) is 18.8. The van der Waals surface area contributed by atoms with Crippen LogP contribution in [0.1, 0.15) is 30.0 Å². The zero-order valence-electron chi connectivity index (χ0n) is 22.9. The SMILES string of the molecule is CC[C@@H](CO)NC(=O)[C@@H]1C=C2c3cccc4c3c(cn4C)C[C@H]2N(C)C1.NCCc1c[nH]c2ccc(O)cc12. The average molecular weight is 530 g/mol. The number of nitrogens with one attached hydrogen (secondary N) is 2. The molecule has 0 saturated heterocycles. The van der Waals surface area contributed by atoms with E-state index in [0.29, 0.717) is 24.9 Å². The molecule has 1 aliphatic carbocycles. The van der Waals surface area contributed by atoms with Crippen molar-refractivity contribution in [2.45, 2.75) is 38.3 Å². The standard InChI is InChI=1S/C21H27N3O2.C10H12N2O/c1-4-15(12-25)22-21(26)14-8-17-16-6-5-7-18-20(16)13(10-23(18)2)9-19(17)24(3)11-14;11-4-3-7-6-12-10-2-1-8(13)5-9(7)10/h5-8,10,14-15,19,25H,4,9,11-12H2,1-3H3,(H,22,26);1-2,5-6,12-13H,3-4,11H2/t14-,15+,19-;/m1./s1. The lowest BCUT2D eigenvalue weighted by Gasteiger charge is -2.39. The molecule has 4 aromatic rings. The van der Waals surface area contributed by atoms with Gasteiger partial charge in [-0.2, -0.15) is 0 Å². The van der Waals surface area contributed by atoms with Crippen molar-refractivity contribution in [2.75, 3.05) is 26.7 Å². The van der Waals surface area contributed by atoms with Gasteiger partial charge in [-0.25, -0.2) is 0 Å². The highest BCUT2D eigenvalue weighted by Crippen LogP contribution is 2.41. The summed E-state index contributed by atoms with van der Waals surface area (Å²) in [4.78, 5) is 18.2. The Balaban J connectivity index is 0.000000198. The molecule has 0 unspecified atom stereocenters. The first-order valence-electron chi connectivity index (χ1n) is 13.7. The molecule has 0 fully saturated rings. The maximum absolute atomic E-state index is 12.7. The normalized spacial score (nSPS) is 19.3. The van der Waals surface area contributed by atoms with Crippen LogP contribution in [0.5, 0.6) is 5.75 Å². The molecule has 3 atom stereocenters. The number of aromatic nitrogens is 2. The summed E-state index contributed by atoms with van der Waals surface area (Å²) < 4.78 is 2.20. The number of fused-ring (bicyclic) bond motifs is 3. The fourth-order valence-electron chi connectivity index (χ4n) is 6.01. The predicted molar refractivity (Wildman–Crippen MR) is 157 cm³/mol. The van der Waals surface area contributed by atoms with Crippen LogP contribution >= 0.6 is 0 Å². The van der Waals surface area contributed by atoms with E-state index in [-0.39, 0.29) is 24.5 Å². The van der Waals surface area contributed by atoms with Gasteiger partial charge in [0.1, 0.15) is 5.75 Å². The van der Waals surface area contributed by atoms with Gasteiger partial charge < -0.3 is 30.8 Å². The number of carbonyl (C=O) groups excluding carboxylic acids is 1. The van der Waals surface area contributed by atoms with Crippen molar-refractivity contribution in [3.63, 3.8) is 0 Å². The van der Waals surface area contributed by atoms with Gasteiger partial charge in [-0.15, -0.1) is 0 Å². The molecule has 39 heavy (non-hydrogen) atoms. The molecule has 206 valence electrons. The molecule has 1 amide bonds. The number of hydrogen-bond acceptors (Lipinski definition) is 5. The fraction of sp³-hybridized carbons (Fsp3) is 0.387. The van der Waals surface area contributed by atoms with Crippen molar-refractivity contribution in [1.82, 2.24) is 19.8 Å². The van der Waals surface area contributed by atoms with Gasteiger partial charge in [-0.3, -0.25) is 9.69 Å². The van der Waals surface area contributed by atoms with E-state index < -0.39 is 0 Å². The van der Waals surface area contributed by atoms with Crippen LogP contribution in [-0.4, -0.2) is 69.4 Å². The molecule has 3 heterocycles. The second kappa shape index (κ2) is 11.3. The molecule has 1 aliphatic heterocycles. The van der Waals surface area contributed by atoms with Gasteiger partial charge in [-0.1, -0.05) is 25.1 Å². The van der Waals surface area contributed by atoms with Crippen LogP contribution in [0, 0.1) is 5.92 Å². The van der Waals surface area contributed by atoms with Gasteiger partial charge in [-0.05, 0) is 79.4 Å². The summed E-state index contributed by atoms with van der Waals surface area (Å²) in [5, 5.41) is 24.1. The van der Waals surface area contributed by atoms with Crippen molar-refractivity contribution in [3.05, 3.63) is 71.6 Å². The number of aryl methyl sites for hydroxylation is 1. The highest BCUT2D eigenvalue weighted by molar-refractivity contribution is 5.99. The smallest absolute Gasteiger partial charge is 0.228 e. The Morgan fingerprint density at radius 3 is 2.82 bits per heavy atom. The number of rotatable bonds is 6. The first-order valence-corrected chi connectivity index (χ1v) is 13.7. The molecule has 0 bridgehead atoms. The number of likely N-dealkylation sites (N-methyl/N-ethyl adjacent to an activating group) is 1. The fourth-order valence-corrected chi connectivity index (χ4v) is 6.01. The monoisotopic (exact) mass is 529 g/mol. The summed E-state index contributed by atoms with van der Waals surface area (Å²) in [5.74, 6) is 0.118. The Bertz CT molecular complexity index is 1510. The number of hydrogen-bond donors (Lipinski definition) is 5. The Labute approximate surface area is 229 Å². The number of aromatic hydroxyl groups is 1. The van der Waals surface area contributed by atoms with E-state index in [1.54, 1.807) is 12.1 Å². The summed E-state index contributed by atoms with van der Waals surface area (Å²) in [7, 11) is 4.20. The minimum Gasteiger partial charge on any atom is -0.508 e. The third-order valence-corrected chi connectivity index (χ3v) is 8.13. The number of aliphatic hydroxyl groups excluding tert-OH is 1. The first kappa shape index (κ1) is 27.0. The number of carbonyl (C=O) groups is 1. The molecule has 0 spiro atoms. The number of H-pyrrole nitrogens is 1. The second-order valence-corrected chi connectivity index (χ2v) is 10.7. The number of benzene rings is 2. The van der Waals surface area contributed by atoms with Crippen molar-refractivity contribution in [1.29, 1.82) is 0 Å². The molecule has 8 heteroatoms. The van der Waals surface area contributed by atoms with Gasteiger partial charge in [0.2, 0.25) is 5.91 Å². The predicted octanol–water partition coefficient (Wildman–Crippen LogP) is 3.31. The second-order valence-electron chi connectivity index (χ2n) is 10.7. The van der Waals surface area contributed by atoms with Crippen molar-refractivity contribution < 1.29 is 15.0 Å². The van der Waals surface area contributed by atoms with E-state index in [2.05, 4.69) is 64.3 Å². The number of nitrogens with zero attached hydrogens (tertiary/aromatic N) is 2. The van der Waals surface area contributed by atoms with Crippen LogP contribution in [0.15, 0.2) is 54.9 Å². The summed E-state index contributed by atoms with van der Waals surface area (Å²) in [6.07, 6.45) is 8.90. The number of aromatic amines is 1. The molecule has 8 nitrogen and oxygen atoms in total. The topological polar surface area (TPSA) is 120 Å². The lowest BCUT2D eigenvalue weighted by Crippen LogP contribution is -2.48. The molecule has 2 aromatic carbocycles. The maximum atomic E-state index is 12.7. The minimum atomic E-state index is -0.188. The van der Waals surface area contributed by atoms with E-state index in [4.69, 9.17) is 5.73 Å². The quantitative estimate of drug-likeness (QED) is 0.263. The molecule has 2 aliphatic rings. The molecule has 6 rings (SSSR count). The number of phenolic OH excluding ortho intramolecular Hbond substituents is 1. The number of amides is 1. The molecule has 6 N–H and O–H groups in total. The molecular formula is C31H39N5O3. The van der Waals surface area contributed by atoms with Gasteiger partial charge in [0.15, 0.2) is 0 Å². The van der Waals surface area contributed by atoms with E-state index in [0.717, 1.165) is 35.7 Å². The van der Waals surface area contributed by atoms with Crippen LogP contribution in [0.3, 0.4) is 0 Å². The summed E-state index contributed by atoms with van der Waals surface area (Å²) >= 11 is 0. The molecule has 0 radical (unpaired) electrons. The Morgan fingerprint density at radius 1 is 1.26 bits per heavy atom. The van der Waals surface area contributed by atoms with Crippen LogP contribution in [-0.2, 0) is 24.7 Å². The van der Waals surface area contributed by atoms with E-state index in [1.165, 1.54) is 27.6 Å². The van der Waals surface area contributed by atoms with Gasteiger partial charge in [0.05, 0.1) is 18.6 Å². The highest BCUT2D eigenvalue weighted by atomic mass is 16.3. The molecule has 2 aromatic heterocycles. The Morgan fingerprint density at radius 2 is 2.08 bits per heavy atom. The van der Waals surface area contributed by atoms with E-state index >= 15 is 0 Å². The molecular weight excluding hydrogens is 490 g/mol. The number of phenols is 1. The van der Waals surface area contributed by atoms with Crippen molar-refractivity contribution >= 4 is 33.3 Å². The summed E-state index contributed by atoms with van der Waals surface area (Å²) in [6, 6.07) is 11.9. The number of nitrogens with two attached hydrogens (primary N) is 1. The van der Waals surface area contributed by atoms with E-state index in [9.17, 15) is 15.0 Å². The zero-order valence-corrected chi connectivity index (χ0v) is 22.9. The molecule has 0 saturated carbocycles. The summed E-state index contributed by atoms with van der Waals surface area (Å²) in [6.45, 7) is 3.29. The highest BCUT2D eigenvalue weighted by Gasteiger charge is 2.36. The average Bonchev–Trinajstić information content (AvgIpc) is 3.48.